The molecular weight excluding hydrogens is 244 g/mol. The molecule has 2 aromatic heterocycles. The molecule has 0 saturated carbocycles. The van der Waals surface area contributed by atoms with Crippen molar-refractivity contribution in [1.82, 2.24) is 0 Å². The molecule has 0 aromatic carbocycles. The molecule has 16 heavy (non-hydrogen) atoms. The van der Waals surface area contributed by atoms with Gasteiger partial charge in [-0.2, -0.15) is 0 Å². The van der Waals surface area contributed by atoms with Crippen LogP contribution in [0.1, 0.15) is 32.3 Å². The van der Waals surface area contributed by atoms with Gasteiger partial charge in [0.2, 0.25) is 5.78 Å². The zero-order valence-corrected chi connectivity index (χ0v) is 10.8. The molecular formula is C12H11ClO2S. The van der Waals surface area contributed by atoms with Crippen LogP contribution in [0.2, 0.25) is 4.34 Å². The van der Waals surface area contributed by atoms with Crippen LogP contribution in [0.5, 0.6) is 0 Å². The maximum Gasteiger partial charge on any atom is 0.206 e. The zero-order valence-electron chi connectivity index (χ0n) is 9.26. The van der Waals surface area contributed by atoms with Crippen molar-refractivity contribution in [2.24, 2.45) is 0 Å². The van der Waals surface area contributed by atoms with Crippen molar-refractivity contribution in [1.29, 1.82) is 0 Å². The minimum absolute atomic E-state index is 0.0191. The summed E-state index contributed by atoms with van der Waals surface area (Å²) < 4.78 is 6.01. The summed E-state index contributed by atoms with van der Waals surface area (Å²) in [7, 11) is 0. The Morgan fingerprint density at radius 1 is 1.31 bits per heavy atom. The molecule has 0 saturated heterocycles. The second-order valence-corrected chi connectivity index (χ2v) is 5.38. The van der Waals surface area contributed by atoms with Crippen molar-refractivity contribution in [2.45, 2.75) is 20.8 Å². The fourth-order valence-electron chi connectivity index (χ4n) is 1.56. The van der Waals surface area contributed by atoms with Gasteiger partial charge in [-0.3, -0.25) is 4.79 Å². The van der Waals surface area contributed by atoms with Crippen LogP contribution in [-0.4, -0.2) is 5.78 Å². The SMILES string of the molecule is Cc1cc(C(=O)c2cc(C)c(Cl)s2)c(C)o1. The van der Waals surface area contributed by atoms with Crippen LogP contribution in [0.3, 0.4) is 0 Å². The predicted octanol–water partition coefficient (Wildman–Crippen LogP) is 4.15. The van der Waals surface area contributed by atoms with Crippen LogP contribution in [0.15, 0.2) is 16.5 Å². The molecule has 0 spiro atoms. The molecule has 0 aliphatic rings. The van der Waals surface area contributed by atoms with Gasteiger partial charge in [-0.15, -0.1) is 11.3 Å². The van der Waals surface area contributed by atoms with Crippen LogP contribution in [-0.2, 0) is 0 Å². The first kappa shape index (κ1) is 11.4. The topological polar surface area (TPSA) is 30.2 Å². The number of halogens is 1. The average Bonchev–Trinajstić information content (AvgIpc) is 2.70. The smallest absolute Gasteiger partial charge is 0.206 e. The summed E-state index contributed by atoms with van der Waals surface area (Å²) in [5, 5.41) is 0. The molecule has 0 fully saturated rings. The minimum atomic E-state index is -0.0191. The molecule has 2 aromatic rings. The Hall–Kier alpha value is -1.06. The van der Waals surface area contributed by atoms with Crippen LogP contribution in [0.4, 0.5) is 0 Å². The first-order valence-electron chi connectivity index (χ1n) is 4.86. The monoisotopic (exact) mass is 254 g/mol. The van der Waals surface area contributed by atoms with Gasteiger partial charge in [0.05, 0.1) is 14.8 Å². The molecule has 2 rings (SSSR count). The minimum Gasteiger partial charge on any atom is -0.466 e. The lowest BCUT2D eigenvalue weighted by Crippen LogP contribution is -1.98. The van der Waals surface area contributed by atoms with Gasteiger partial charge < -0.3 is 4.42 Å². The zero-order chi connectivity index (χ0) is 11.9. The van der Waals surface area contributed by atoms with E-state index in [9.17, 15) is 4.79 Å². The van der Waals surface area contributed by atoms with E-state index in [0.29, 0.717) is 20.5 Å². The van der Waals surface area contributed by atoms with Gasteiger partial charge >= 0.3 is 0 Å². The van der Waals surface area contributed by atoms with Crippen LogP contribution in [0.25, 0.3) is 0 Å². The summed E-state index contributed by atoms with van der Waals surface area (Å²) >= 11 is 7.26. The highest BCUT2D eigenvalue weighted by Gasteiger charge is 2.18. The number of carbonyl (C=O) groups is 1. The summed E-state index contributed by atoms with van der Waals surface area (Å²) in [5.41, 5.74) is 1.56. The highest BCUT2D eigenvalue weighted by atomic mass is 35.5. The third-order valence-electron chi connectivity index (χ3n) is 2.37. The van der Waals surface area contributed by atoms with Gasteiger partial charge in [0.1, 0.15) is 11.5 Å². The largest absolute Gasteiger partial charge is 0.466 e. The molecule has 2 nitrogen and oxygen atoms in total. The van der Waals surface area contributed by atoms with E-state index in [0.717, 1.165) is 11.3 Å². The average molecular weight is 255 g/mol. The van der Waals surface area contributed by atoms with Crippen LogP contribution >= 0.6 is 22.9 Å². The highest BCUT2D eigenvalue weighted by molar-refractivity contribution is 7.18. The van der Waals surface area contributed by atoms with Gasteiger partial charge in [-0.25, -0.2) is 0 Å². The van der Waals surface area contributed by atoms with Crippen molar-refractivity contribution in [3.63, 3.8) is 0 Å². The lowest BCUT2D eigenvalue weighted by Gasteiger charge is -1.93. The molecule has 0 aliphatic carbocycles. The van der Waals surface area contributed by atoms with Gasteiger partial charge in [-0.05, 0) is 38.5 Å². The summed E-state index contributed by atoms with van der Waals surface area (Å²) in [4.78, 5) is 12.8. The van der Waals surface area contributed by atoms with E-state index < -0.39 is 0 Å². The number of thiophene rings is 1. The quantitative estimate of drug-likeness (QED) is 0.754. The normalized spacial score (nSPS) is 10.8. The van der Waals surface area contributed by atoms with Crippen molar-refractivity contribution in [3.05, 3.63) is 44.0 Å². The lowest BCUT2D eigenvalue weighted by molar-refractivity contribution is 0.104. The van der Waals surface area contributed by atoms with E-state index in [1.54, 1.807) is 13.0 Å². The van der Waals surface area contributed by atoms with Crippen LogP contribution in [0, 0.1) is 20.8 Å². The van der Waals surface area contributed by atoms with E-state index in [1.807, 2.05) is 19.9 Å². The summed E-state index contributed by atoms with van der Waals surface area (Å²) in [6, 6.07) is 3.58. The number of carbonyl (C=O) groups excluding carboxylic acids is 1. The Morgan fingerprint density at radius 3 is 2.44 bits per heavy atom. The Morgan fingerprint density at radius 2 is 2.00 bits per heavy atom. The summed E-state index contributed by atoms with van der Waals surface area (Å²) in [5.74, 6) is 1.39. The third-order valence-corrected chi connectivity index (χ3v) is 3.92. The second kappa shape index (κ2) is 4.07. The van der Waals surface area contributed by atoms with Crippen molar-refractivity contribution in [3.8, 4) is 0 Å². The number of furan rings is 1. The molecule has 0 unspecified atom stereocenters. The van der Waals surface area contributed by atoms with Crippen molar-refractivity contribution >= 4 is 28.7 Å². The maximum atomic E-state index is 12.1. The Balaban J connectivity index is 2.42. The fraction of sp³-hybridized carbons (Fsp3) is 0.250. The molecule has 0 atom stereocenters. The number of ketones is 1. The molecule has 84 valence electrons. The summed E-state index contributed by atoms with van der Waals surface area (Å²) in [6.45, 7) is 5.52. The molecule has 0 bridgehead atoms. The lowest BCUT2D eigenvalue weighted by atomic mass is 10.1. The van der Waals surface area contributed by atoms with Gasteiger partial charge in [0.15, 0.2) is 0 Å². The maximum absolute atomic E-state index is 12.1. The first-order valence-corrected chi connectivity index (χ1v) is 6.06. The Bertz CT molecular complexity index is 532. The van der Waals surface area contributed by atoms with Gasteiger partial charge in [0.25, 0.3) is 0 Å². The van der Waals surface area contributed by atoms with Crippen molar-refractivity contribution in [2.75, 3.05) is 0 Å². The fourth-order valence-corrected chi connectivity index (χ4v) is 2.72. The van der Waals surface area contributed by atoms with E-state index in [-0.39, 0.29) is 5.78 Å². The standard InChI is InChI=1S/C12H11ClO2S/c1-6-4-10(16-12(6)13)11(14)9-5-7(2)15-8(9)3/h4-5H,1-3H3. The summed E-state index contributed by atoms with van der Waals surface area (Å²) in [6.07, 6.45) is 0. The van der Waals surface area contributed by atoms with Gasteiger partial charge in [0, 0.05) is 0 Å². The third kappa shape index (κ3) is 1.93. The number of aryl methyl sites for hydroxylation is 3. The van der Waals surface area contributed by atoms with E-state index in [2.05, 4.69) is 0 Å². The molecule has 4 heteroatoms. The number of rotatable bonds is 2. The van der Waals surface area contributed by atoms with E-state index >= 15 is 0 Å². The van der Waals surface area contributed by atoms with E-state index in [4.69, 9.17) is 16.0 Å². The number of hydrogen-bond acceptors (Lipinski definition) is 3. The second-order valence-electron chi connectivity index (χ2n) is 3.72. The highest BCUT2D eigenvalue weighted by Crippen LogP contribution is 2.29. The Labute approximate surface area is 103 Å². The van der Waals surface area contributed by atoms with E-state index in [1.165, 1.54) is 11.3 Å². The molecule has 0 radical (unpaired) electrons. The molecule has 0 amide bonds. The Kier molecular flexibility index (Phi) is 2.91. The first-order chi connectivity index (χ1) is 7.49. The van der Waals surface area contributed by atoms with Crippen LogP contribution < -0.4 is 0 Å². The molecule has 2 heterocycles. The van der Waals surface area contributed by atoms with Crippen molar-refractivity contribution < 1.29 is 9.21 Å². The molecule has 0 N–H and O–H groups in total. The molecule has 0 aliphatic heterocycles. The number of hydrogen-bond donors (Lipinski definition) is 0. The predicted molar refractivity (Wildman–Crippen MR) is 65.7 cm³/mol. The van der Waals surface area contributed by atoms with Gasteiger partial charge in [-0.1, -0.05) is 11.6 Å².